The summed E-state index contributed by atoms with van der Waals surface area (Å²) in [6, 6.07) is 16.6. The smallest absolute Gasteiger partial charge is 0.340 e. The molecule has 5 rings (SSSR count). The first-order valence-electron chi connectivity index (χ1n) is 18.0. The fourth-order valence-electron chi connectivity index (χ4n) is 6.58. The molecule has 9 heteroatoms. The normalized spacial score (nSPS) is 15.7. The molecule has 0 N–H and O–H groups in total. The Morgan fingerprint density at radius 1 is 1.04 bits per heavy atom. The molecule has 1 saturated heterocycles. The number of benzene rings is 2. The summed E-state index contributed by atoms with van der Waals surface area (Å²) in [5.41, 5.74) is 5.98. The minimum atomic E-state index is -0.999. The third kappa shape index (κ3) is 8.89. The van der Waals surface area contributed by atoms with Gasteiger partial charge in [0.05, 0.1) is 41.8 Å². The third-order valence-corrected chi connectivity index (χ3v) is 9.14. The Labute approximate surface area is 303 Å². The lowest BCUT2D eigenvalue weighted by atomic mass is 9.92. The van der Waals surface area contributed by atoms with Crippen molar-refractivity contribution in [3.8, 4) is 28.1 Å². The first kappa shape index (κ1) is 37.8. The SMILES string of the molecule is C=CCOC1(C)CCN(c2c([C@H](OC(C)(C)C)C(=O)OCC)c(C)nc3cc(-c4cccc(-c5cc(C)ccc5O[C@@H](C)CC=C)c4)nn23)CC1. The van der Waals surface area contributed by atoms with Gasteiger partial charge in [0.2, 0.25) is 0 Å². The van der Waals surface area contributed by atoms with Gasteiger partial charge in [0.25, 0.3) is 0 Å². The number of esters is 1. The molecule has 2 aromatic heterocycles. The van der Waals surface area contributed by atoms with E-state index in [2.05, 4.69) is 69.2 Å². The Balaban J connectivity index is 1.65. The number of carbonyl (C=O) groups excluding carboxylic acids is 1. The lowest BCUT2D eigenvalue weighted by Crippen LogP contribution is -2.45. The summed E-state index contributed by atoms with van der Waals surface area (Å²) in [4.78, 5) is 21.0. The fraction of sp³-hybridized carbons (Fsp3) is 0.452. The summed E-state index contributed by atoms with van der Waals surface area (Å²) in [6.45, 7) is 25.6. The molecule has 1 aliphatic heterocycles. The average molecular weight is 695 g/mol. The molecule has 0 spiro atoms. The molecule has 2 aromatic carbocycles. The van der Waals surface area contributed by atoms with E-state index in [1.807, 2.05) is 56.5 Å². The number of anilines is 1. The van der Waals surface area contributed by atoms with Crippen molar-refractivity contribution < 1.29 is 23.7 Å². The molecule has 9 nitrogen and oxygen atoms in total. The van der Waals surface area contributed by atoms with Crippen molar-refractivity contribution in [2.75, 3.05) is 31.2 Å². The van der Waals surface area contributed by atoms with Crippen molar-refractivity contribution in [3.63, 3.8) is 0 Å². The van der Waals surface area contributed by atoms with Gasteiger partial charge in [0.1, 0.15) is 11.6 Å². The second-order valence-electron chi connectivity index (χ2n) is 14.7. The molecule has 1 fully saturated rings. The second-order valence-corrected chi connectivity index (χ2v) is 14.7. The van der Waals surface area contributed by atoms with E-state index in [1.165, 1.54) is 0 Å². The van der Waals surface area contributed by atoms with Crippen LogP contribution in [0.4, 0.5) is 5.82 Å². The lowest BCUT2D eigenvalue weighted by Gasteiger charge is -2.41. The van der Waals surface area contributed by atoms with E-state index in [0.29, 0.717) is 36.6 Å². The molecule has 0 radical (unpaired) electrons. The second kappa shape index (κ2) is 15.8. The van der Waals surface area contributed by atoms with E-state index in [9.17, 15) is 4.79 Å². The highest BCUT2D eigenvalue weighted by Gasteiger charge is 2.38. The number of carbonyl (C=O) groups is 1. The molecule has 51 heavy (non-hydrogen) atoms. The molecule has 1 aliphatic rings. The van der Waals surface area contributed by atoms with Crippen LogP contribution in [0.5, 0.6) is 5.75 Å². The van der Waals surface area contributed by atoms with Gasteiger partial charge in [-0.1, -0.05) is 42.0 Å². The predicted molar refractivity (Wildman–Crippen MR) is 204 cm³/mol. The molecule has 0 saturated carbocycles. The van der Waals surface area contributed by atoms with E-state index >= 15 is 0 Å². The highest BCUT2D eigenvalue weighted by atomic mass is 16.6. The monoisotopic (exact) mass is 694 g/mol. The number of ether oxygens (including phenoxy) is 4. The van der Waals surface area contributed by atoms with Crippen LogP contribution in [0.2, 0.25) is 0 Å². The van der Waals surface area contributed by atoms with Crippen molar-refractivity contribution in [2.24, 2.45) is 0 Å². The van der Waals surface area contributed by atoms with Gasteiger partial charge in [0.15, 0.2) is 11.8 Å². The summed E-state index contributed by atoms with van der Waals surface area (Å²) >= 11 is 0. The van der Waals surface area contributed by atoms with Crippen molar-refractivity contribution in [1.82, 2.24) is 14.6 Å². The maximum Gasteiger partial charge on any atom is 0.340 e. The molecule has 0 aliphatic carbocycles. The van der Waals surface area contributed by atoms with Crippen molar-refractivity contribution in [3.05, 3.63) is 90.7 Å². The molecule has 0 amide bonds. The Hall–Kier alpha value is -4.47. The Morgan fingerprint density at radius 2 is 1.76 bits per heavy atom. The van der Waals surface area contributed by atoms with Gasteiger partial charge in [-0.15, -0.1) is 13.2 Å². The number of piperidine rings is 1. The van der Waals surface area contributed by atoms with Crippen LogP contribution in [0.1, 0.15) is 83.7 Å². The molecule has 0 bridgehead atoms. The molecule has 0 unspecified atom stereocenters. The molecule has 2 atom stereocenters. The van der Waals surface area contributed by atoms with Crippen LogP contribution in [0.25, 0.3) is 28.0 Å². The van der Waals surface area contributed by atoms with E-state index in [0.717, 1.165) is 58.8 Å². The quantitative estimate of drug-likeness (QED) is 0.0955. The zero-order valence-corrected chi connectivity index (χ0v) is 31.6. The Morgan fingerprint density at radius 3 is 2.43 bits per heavy atom. The number of hydrogen-bond donors (Lipinski definition) is 0. The number of hydrogen-bond acceptors (Lipinski definition) is 8. The van der Waals surface area contributed by atoms with Crippen molar-refractivity contribution >= 4 is 17.4 Å². The van der Waals surface area contributed by atoms with Crippen LogP contribution in [-0.4, -0.2) is 64.2 Å². The maximum absolute atomic E-state index is 13.7. The van der Waals surface area contributed by atoms with Crippen molar-refractivity contribution in [2.45, 2.75) is 98.1 Å². The Bertz CT molecular complexity index is 1870. The standard InChI is InChI=1S/C42H54N4O5/c1-11-15-29(5)50-35-19-18-28(4)25-33(35)31-16-14-17-32(26-31)34-27-36-43-30(6)37(38(40(47)48-13-3)51-41(7,8)9)39(46(36)44-34)45-22-20-42(10,21-23-45)49-24-12-2/h11-12,14,16-19,25-27,29,38H,1-2,13,15,20-24H2,3-10H3/t29-,38-/m0/s1. The van der Waals surface area contributed by atoms with Gasteiger partial charge in [-0.25, -0.2) is 9.78 Å². The fourth-order valence-corrected chi connectivity index (χ4v) is 6.58. The molecule has 3 heterocycles. The first-order chi connectivity index (χ1) is 24.3. The van der Waals surface area contributed by atoms with Crippen LogP contribution in [0.3, 0.4) is 0 Å². The molecule has 4 aromatic rings. The topological polar surface area (TPSA) is 87.4 Å². The van der Waals surface area contributed by atoms with Crippen LogP contribution in [0.15, 0.2) is 73.8 Å². The molecular formula is C42H54N4O5. The average Bonchev–Trinajstić information content (AvgIpc) is 3.51. The zero-order valence-electron chi connectivity index (χ0n) is 31.6. The van der Waals surface area contributed by atoms with Gasteiger partial charge in [-0.2, -0.15) is 9.61 Å². The number of aromatic nitrogens is 3. The largest absolute Gasteiger partial charge is 0.490 e. The van der Waals surface area contributed by atoms with Gasteiger partial charge in [-0.3, -0.25) is 0 Å². The molecule has 272 valence electrons. The van der Waals surface area contributed by atoms with Gasteiger partial charge >= 0.3 is 5.97 Å². The predicted octanol–water partition coefficient (Wildman–Crippen LogP) is 9.00. The van der Waals surface area contributed by atoms with E-state index in [1.54, 1.807) is 13.0 Å². The number of rotatable bonds is 14. The Kier molecular flexibility index (Phi) is 11.7. The number of fused-ring (bicyclic) bond motifs is 1. The van der Waals surface area contributed by atoms with E-state index in [-0.39, 0.29) is 18.3 Å². The number of nitrogens with zero attached hydrogens (tertiary/aromatic N) is 4. The highest BCUT2D eigenvalue weighted by molar-refractivity contribution is 5.81. The summed E-state index contributed by atoms with van der Waals surface area (Å²) in [5, 5.41) is 5.20. The third-order valence-electron chi connectivity index (χ3n) is 9.14. The van der Waals surface area contributed by atoms with E-state index in [4.69, 9.17) is 29.0 Å². The van der Waals surface area contributed by atoms with Crippen LogP contribution < -0.4 is 9.64 Å². The van der Waals surface area contributed by atoms with Crippen LogP contribution in [-0.2, 0) is 19.0 Å². The van der Waals surface area contributed by atoms with Crippen LogP contribution >= 0.6 is 0 Å². The van der Waals surface area contributed by atoms with E-state index < -0.39 is 17.7 Å². The van der Waals surface area contributed by atoms with Gasteiger partial charge in [-0.05, 0) is 92.0 Å². The summed E-state index contributed by atoms with van der Waals surface area (Å²) in [5.74, 6) is 1.15. The van der Waals surface area contributed by atoms with Gasteiger partial charge < -0.3 is 23.8 Å². The summed E-state index contributed by atoms with van der Waals surface area (Å²) < 4.78 is 26.5. The summed E-state index contributed by atoms with van der Waals surface area (Å²) in [7, 11) is 0. The summed E-state index contributed by atoms with van der Waals surface area (Å²) in [6.07, 6.45) is 4.99. The maximum atomic E-state index is 13.7. The minimum Gasteiger partial charge on any atom is -0.490 e. The lowest BCUT2D eigenvalue weighted by molar-refractivity contribution is -0.166. The zero-order chi connectivity index (χ0) is 36.9. The first-order valence-corrected chi connectivity index (χ1v) is 18.0. The number of aryl methyl sites for hydroxylation is 2. The van der Waals surface area contributed by atoms with Crippen molar-refractivity contribution in [1.29, 1.82) is 0 Å². The highest BCUT2D eigenvalue weighted by Crippen LogP contribution is 2.40. The van der Waals surface area contributed by atoms with Gasteiger partial charge in [0, 0.05) is 42.4 Å². The van der Waals surface area contributed by atoms with Crippen LogP contribution in [0, 0.1) is 13.8 Å². The minimum absolute atomic E-state index is 0.00518. The molecular weight excluding hydrogens is 640 g/mol.